The van der Waals surface area contributed by atoms with E-state index in [4.69, 9.17) is 9.15 Å². The fourth-order valence-electron chi connectivity index (χ4n) is 3.84. The van der Waals surface area contributed by atoms with Gasteiger partial charge in [-0.25, -0.2) is 14.2 Å². The fourth-order valence-corrected chi connectivity index (χ4v) is 3.84. The van der Waals surface area contributed by atoms with E-state index in [1.165, 1.54) is 18.6 Å². The molecule has 0 bridgehead atoms. The van der Waals surface area contributed by atoms with Crippen molar-refractivity contribution in [1.29, 1.82) is 0 Å². The summed E-state index contributed by atoms with van der Waals surface area (Å²) in [5, 5.41) is 5.80. The maximum absolute atomic E-state index is 13.4. The van der Waals surface area contributed by atoms with Crippen molar-refractivity contribution in [2.75, 3.05) is 19.6 Å². The van der Waals surface area contributed by atoms with Crippen LogP contribution in [0.4, 0.5) is 9.18 Å². The Morgan fingerprint density at radius 1 is 1.12 bits per heavy atom. The zero-order valence-electron chi connectivity index (χ0n) is 17.8. The second-order valence-electron chi connectivity index (χ2n) is 7.72. The number of nitrogens with one attached hydrogen (secondary N) is 2. The number of halogens is 1. The number of furan rings is 1. The van der Waals surface area contributed by atoms with E-state index in [0.29, 0.717) is 23.7 Å². The summed E-state index contributed by atoms with van der Waals surface area (Å²) in [5.41, 5.74) is 0.686. The number of benzene rings is 1. The van der Waals surface area contributed by atoms with Crippen LogP contribution < -0.4 is 15.4 Å². The smallest absolute Gasteiger partial charge is 0.315 e. The number of amides is 2. The Morgan fingerprint density at radius 3 is 2.78 bits per heavy atom. The number of urea groups is 1. The van der Waals surface area contributed by atoms with Gasteiger partial charge in [-0.15, -0.1) is 0 Å². The van der Waals surface area contributed by atoms with E-state index in [2.05, 4.69) is 20.5 Å². The monoisotopic (exact) mass is 438 g/mol. The highest BCUT2D eigenvalue weighted by Crippen LogP contribution is 2.25. The molecule has 0 radical (unpaired) electrons. The molecule has 7 nitrogen and oxygen atoms in total. The van der Waals surface area contributed by atoms with Gasteiger partial charge in [-0.3, -0.25) is 4.90 Å². The minimum Gasteiger partial charge on any atom is -0.468 e. The summed E-state index contributed by atoms with van der Waals surface area (Å²) in [6, 6.07) is 12.9. The van der Waals surface area contributed by atoms with Gasteiger partial charge in [0.25, 0.3) is 0 Å². The van der Waals surface area contributed by atoms with Gasteiger partial charge in [-0.2, -0.15) is 0 Å². The number of hydrogen-bond acceptors (Lipinski definition) is 5. The molecule has 4 rings (SSSR count). The molecule has 0 spiro atoms. The molecule has 3 aromatic rings. The van der Waals surface area contributed by atoms with Crippen molar-refractivity contribution in [2.45, 2.75) is 31.8 Å². The molecule has 2 amide bonds. The lowest BCUT2D eigenvalue weighted by Gasteiger charge is -2.33. The van der Waals surface area contributed by atoms with Gasteiger partial charge in [0.05, 0.1) is 12.3 Å². The number of carbonyl (C=O) groups excluding carboxylic acids is 1. The largest absolute Gasteiger partial charge is 0.468 e. The first-order chi connectivity index (χ1) is 15.7. The summed E-state index contributed by atoms with van der Waals surface area (Å²) < 4.78 is 24.8. The number of nitrogens with zero attached hydrogens (tertiary/aromatic N) is 2. The van der Waals surface area contributed by atoms with Gasteiger partial charge in [0, 0.05) is 30.9 Å². The Morgan fingerprint density at radius 2 is 2.00 bits per heavy atom. The summed E-state index contributed by atoms with van der Waals surface area (Å²) in [5.74, 6) is 1.12. The van der Waals surface area contributed by atoms with Crippen LogP contribution in [0.15, 0.2) is 65.4 Å². The lowest BCUT2D eigenvalue weighted by atomic mass is 10.1. The molecule has 1 aliphatic heterocycles. The molecule has 3 heterocycles. The topological polar surface area (TPSA) is 79.6 Å². The first-order valence-electron chi connectivity index (χ1n) is 10.9. The molecule has 0 saturated carbocycles. The average molecular weight is 439 g/mol. The maximum atomic E-state index is 13.4. The highest BCUT2D eigenvalue weighted by molar-refractivity contribution is 5.73. The van der Waals surface area contributed by atoms with E-state index >= 15 is 0 Å². The molecule has 1 atom stereocenters. The van der Waals surface area contributed by atoms with Gasteiger partial charge in [0.15, 0.2) is 0 Å². The number of hydrogen-bond donors (Lipinski definition) is 2. The standard InChI is InChI=1S/C24H27FN4O3/c25-19-8-4-9-20(15-19)32-23-18(7-5-11-26-23)16-27-24(30)28-17-21(22-10-6-14-31-22)29-12-2-1-3-13-29/h4-11,14-15,21H,1-3,12-13,16-17H2,(H2,27,28,30). The van der Waals surface area contributed by atoms with Crippen molar-refractivity contribution in [2.24, 2.45) is 0 Å². The van der Waals surface area contributed by atoms with E-state index < -0.39 is 5.82 Å². The van der Waals surface area contributed by atoms with Crippen LogP contribution >= 0.6 is 0 Å². The Kier molecular flexibility index (Phi) is 7.34. The highest BCUT2D eigenvalue weighted by atomic mass is 19.1. The third-order valence-corrected chi connectivity index (χ3v) is 5.46. The van der Waals surface area contributed by atoms with Gasteiger partial charge < -0.3 is 19.8 Å². The van der Waals surface area contributed by atoms with Gasteiger partial charge in [-0.05, 0) is 56.3 Å². The van der Waals surface area contributed by atoms with Crippen LogP contribution in [0, 0.1) is 5.82 Å². The Balaban J connectivity index is 1.33. The van der Waals surface area contributed by atoms with Crippen LogP contribution in [0.2, 0.25) is 0 Å². The van der Waals surface area contributed by atoms with Crippen molar-refractivity contribution < 1.29 is 18.3 Å². The zero-order valence-corrected chi connectivity index (χ0v) is 17.8. The molecule has 1 unspecified atom stereocenters. The number of carbonyl (C=O) groups is 1. The van der Waals surface area contributed by atoms with Crippen LogP contribution in [0.25, 0.3) is 0 Å². The molecular weight excluding hydrogens is 411 g/mol. The molecule has 0 aliphatic carbocycles. The molecule has 2 aromatic heterocycles. The summed E-state index contributed by atoms with van der Waals surface area (Å²) in [4.78, 5) is 19.1. The number of likely N-dealkylation sites (tertiary alicyclic amines) is 1. The lowest BCUT2D eigenvalue weighted by molar-refractivity contribution is 0.143. The van der Waals surface area contributed by atoms with E-state index in [1.807, 2.05) is 12.1 Å². The number of aromatic nitrogens is 1. The summed E-state index contributed by atoms with van der Waals surface area (Å²) >= 11 is 0. The van der Waals surface area contributed by atoms with Crippen molar-refractivity contribution >= 4 is 6.03 Å². The minimum atomic E-state index is -0.391. The van der Waals surface area contributed by atoms with Crippen molar-refractivity contribution in [3.05, 3.63) is 78.1 Å². The van der Waals surface area contributed by atoms with Crippen LogP contribution in [-0.4, -0.2) is 35.5 Å². The van der Waals surface area contributed by atoms with Crippen LogP contribution in [-0.2, 0) is 6.54 Å². The quantitative estimate of drug-likeness (QED) is 0.536. The summed E-state index contributed by atoms with van der Waals surface area (Å²) in [6.07, 6.45) is 6.79. The van der Waals surface area contributed by atoms with Crippen molar-refractivity contribution in [3.8, 4) is 11.6 Å². The second kappa shape index (κ2) is 10.8. The Labute approximate surface area is 186 Å². The minimum absolute atomic E-state index is 0.00122. The predicted molar refractivity (Wildman–Crippen MR) is 118 cm³/mol. The highest BCUT2D eigenvalue weighted by Gasteiger charge is 2.24. The molecule has 1 saturated heterocycles. The van der Waals surface area contributed by atoms with Gasteiger partial charge in [0.1, 0.15) is 17.3 Å². The number of ether oxygens (including phenoxy) is 1. The first-order valence-corrected chi connectivity index (χ1v) is 10.9. The van der Waals surface area contributed by atoms with Crippen LogP contribution in [0.1, 0.15) is 36.6 Å². The SMILES string of the molecule is O=C(NCc1cccnc1Oc1cccc(F)c1)NCC(c1ccco1)N1CCCCC1. The van der Waals surface area contributed by atoms with Gasteiger partial charge in [-0.1, -0.05) is 18.6 Å². The van der Waals surface area contributed by atoms with Crippen LogP contribution in [0.3, 0.4) is 0 Å². The van der Waals surface area contributed by atoms with Crippen LogP contribution in [0.5, 0.6) is 11.6 Å². The van der Waals surface area contributed by atoms with E-state index in [-0.39, 0.29) is 18.6 Å². The number of pyridine rings is 1. The average Bonchev–Trinajstić information content (AvgIpc) is 3.34. The molecule has 1 aliphatic rings. The first kappa shape index (κ1) is 21.8. The molecule has 32 heavy (non-hydrogen) atoms. The third-order valence-electron chi connectivity index (χ3n) is 5.46. The Bertz CT molecular complexity index is 1010. The van der Waals surface area contributed by atoms with E-state index in [9.17, 15) is 9.18 Å². The summed E-state index contributed by atoms with van der Waals surface area (Å²) in [6.45, 7) is 2.65. The van der Waals surface area contributed by atoms with E-state index in [1.54, 1.807) is 36.7 Å². The van der Waals surface area contributed by atoms with Gasteiger partial charge >= 0.3 is 6.03 Å². The molecule has 1 fully saturated rings. The van der Waals surface area contributed by atoms with Gasteiger partial charge in [0.2, 0.25) is 5.88 Å². The number of rotatable bonds is 8. The van der Waals surface area contributed by atoms with Crippen molar-refractivity contribution in [3.63, 3.8) is 0 Å². The Hall–Kier alpha value is -3.39. The number of piperidine rings is 1. The fraction of sp³-hybridized carbons (Fsp3) is 0.333. The zero-order chi connectivity index (χ0) is 22.2. The second-order valence-corrected chi connectivity index (χ2v) is 7.72. The molecular formula is C24H27FN4O3. The predicted octanol–water partition coefficient (Wildman–Crippen LogP) is 4.63. The summed E-state index contributed by atoms with van der Waals surface area (Å²) in [7, 11) is 0. The lowest BCUT2D eigenvalue weighted by Crippen LogP contribution is -2.43. The van der Waals surface area contributed by atoms with E-state index in [0.717, 1.165) is 31.7 Å². The molecule has 1 aromatic carbocycles. The molecule has 2 N–H and O–H groups in total. The van der Waals surface area contributed by atoms with Crippen molar-refractivity contribution in [1.82, 2.24) is 20.5 Å². The molecule has 8 heteroatoms. The molecule has 168 valence electrons. The maximum Gasteiger partial charge on any atom is 0.315 e. The normalized spacial score (nSPS) is 15.2. The third kappa shape index (κ3) is 5.85.